The predicted octanol–water partition coefficient (Wildman–Crippen LogP) is 3.79. The summed E-state index contributed by atoms with van der Waals surface area (Å²) >= 11 is 7.27. The molecule has 84 valence electrons. The highest BCUT2D eigenvalue weighted by atomic mass is 35.5. The van der Waals surface area contributed by atoms with Crippen molar-refractivity contribution in [2.75, 3.05) is 7.11 Å². The number of Topliss-reactive ketones (excluding diaryl/α,β-unsaturated/α-hetero) is 1. The summed E-state index contributed by atoms with van der Waals surface area (Å²) in [7, 11) is 1.66. The number of methoxy groups -OCH3 is 1. The fourth-order valence-corrected chi connectivity index (χ4v) is 2.25. The number of ether oxygens (including phenoxy) is 1. The van der Waals surface area contributed by atoms with E-state index in [0.29, 0.717) is 22.7 Å². The number of carbonyl (C=O) groups is 1. The third-order valence-corrected chi connectivity index (χ3v) is 3.76. The minimum atomic E-state index is -0.251. The van der Waals surface area contributed by atoms with Crippen molar-refractivity contribution in [1.29, 1.82) is 0 Å². The maximum atomic E-state index is 11.8. The van der Waals surface area contributed by atoms with Gasteiger partial charge in [0.1, 0.15) is 0 Å². The van der Waals surface area contributed by atoms with E-state index in [9.17, 15) is 4.79 Å². The van der Waals surface area contributed by atoms with E-state index in [1.165, 1.54) is 11.3 Å². The van der Waals surface area contributed by atoms with Crippen LogP contribution in [0.1, 0.15) is 36.4 Å². The SMILES string of the molecule is COC(C)(C)CCC(=O)c1sccc1Cl. The predicted molar refractivity (Wildman–Crippen MR) is 64.0 cm³/mol. The van der Waals surface area contributed by atoms with Crippen LogP contribution in [0.25, 0.3) is 0 Å². The van der Waals surface area contributed by atoms with Gasteiger partial charge in [0, 0.05) is 13.5 Å². The summed E-state index contributed by atoms with van der Waals surface area (Å²) in [6.45, 7) is 3.94. The Kier molecular flexibility index (Phi) is 4.32. The van der Waals surface area contributed by atoms with Gasteiger partial charge < -0.3 is 4.74 Å². The monoisotopic (exact) mass is 246 g/mol. The molecule has 0 atom stereocenters. The number of ketones is 1. The highest BCUT2D eigenvalue weighted by molar-refractivity contribution is 7.12. The Morgan fingerprint density at radius 3 is 2.73 bits per heavy atom. The van der Waals surface area contributed by atoms with Crippen LogP contribution < -0.4 is 0 Å². The minimum Gasteiger partial charge on any atom is -0.379 e. The van der Waals surface area contributed by atoms with Crippen LogP contribution in [0.3, 0.4) is 0 Å². The van der Waals surface area contributed by atoms with Gasteiger partial charge >= 0.3 is 0 Å². The van der Waals surface area contributed by atoms with Crippen molar-refractivity contribution in [1.82, 2.24) is 0 Å². The molecule has 1 aromatic heterocycles. The van der Waals surface area contributed by atoms with Gasteiger partial charge in [-0.1, -0.05) is 11.6 Å². The fraction of sp³-hybridized carbons (Fsp3) is 0.545. The molecule has 0 N–H and O–H groups in total. The molecule has 0 fully saturated rings. The second-order valence-corrected chi connectivity index (χ2v) is 5.31. The number of hydrogen-bond donors (Lipinski definition) is 0. The average Bonchev–Trinajstić information content (AvgIpc) is 2.61. The molecule has 1 rings (SSSR count). The molecule has 1 aromatic rings. The smallest absolute Gasteiger partial charge is 0.174 e. The molecule has 1 heterocycles. The first-order valence-corrected chi connectivity index (χ1v) is 6.03. The van der Waals surface area contributed by atoms with Crippen LogP contribution in [-0.2, 0) is 4.74 Å². The summed E-state index contributed by atoms with van der Waals surface area (Å²) in [5.74, 6) is 0.0973. The zero-order valence-corrected chi connectivity index (χ0v) is 10.7. The highest BCUT2D eigenvalue weighted by Gasteiger charge is 2.20. The Balaban J connectivity index is 2.55. The second kappa shape index (κ2) is 5.10. The normalized spacial score (nSPS) is 11.7. The van der Waals surface area contributed by atoms with E-state index in [0.717, 1.165) is 0 Å². The molecule has 0 aromatic carbocycles. The quantitative estimate of drug-likeness (QED) is 0.739. The van der Waals surface area contributed by atoms with Gasteiger partial charge in [0.05, 0.1) is 15.5 Å². The van der Waals surface area contributed by atoms with E-state index in [2.05, 4.69) is 0 Å². The summed E-state index contributed by atoms with van der Waals surface area (Å²) in [6.07, 6.45) is 1.18. The van der Waals surface area contributed by atoms with E-state index in [4.69, 9.17) is 16.3 Å². The molecule has 0 bridgehead atoms. The lowest BCUT2D eigenvalue weighted by Gasteiger charge is -2.21. The molecule has 0 unspecified atom stereocenters. The minimum absolute atomic E-state index is 0.0973. The molecule has 0 spiro atoms. The Morgan fingerprint density at radius 2 is 2.27 bits per heavy atom. The molecule has 0 saturated carbocycles. The largest absolute Gasteiger partial charge is 0.379 e. The van der Waals surface area contributed by atoms with Gasteiger partial charge in [0.15, 0.2) is 5.78 Å². The molecular weight excluding hydrogens is 232 g/mol. The van der Waals surface area contributed by atoms with Gasteiger partial charge in [-0.05, 0) is 31.7 Å². The molecule has 0 aliphatic carbocycles. The molecule has 0 saturated heterocycles. The first kappa shape index (κ1) is 12.7. The zero-order valence-electron chi connectivity index (χ0n) is 9.17. The zero-order chi connectivity index (χ0) is 11.5. The summed E-state index contributed by atoms with van der Waals surface area (Å²) < 4.78 is 5.25. The maximum Gasteiger partial charge on any atom is 0.174 e. The lowest BCUT2D eigenvalue weighted by atomic mass is 10.0. The second-order valence-electron chi connectivity index (χ2n) is 3.98. The average molecular weight is 247 g/mol. The standard InChI is InChI=1S/C11H15ClO2S/c1-11(2,14-3)6-4-9(13)10-8(12)5-7-15-10/h5,7H,4,6H2,1-3H3. The molecule has 0 amide bonds. The highest BCUT2D eigenvalue weighted by Crippen LogP contribution is 2.25. The molecule has 0 aliphatic rings. The van der Waals surface area contributed by atoms with Gasteiger partial charge in [-0.15, -0.1) is 11.3 Å². The van der Waals surface area contributed by atoms with Crippen LogP contribution in [0.5, 0.6) is 0 Å². The summed E-state index contributed by atoms with van der Waals surface area (Å²) in [6, 6.07) is 1.75. The Bertz CT molecular complexity index is 344. The number of halogens is 1. The summed E-state index contributed by atoms with van der Waals surface area (Å²) in [5.41, 5.74) is -0.251. The number of thiophene rings is 1. The first-order chi connectivity index (χ1) is 6.96. The van der Waals surface area contributed by atoms with Gasteiger partial charge in [0.2, 0.25) is 0 Å². The van der Waals surface area contributed by atoms with Crippen LogP contribution in [0.2, 0.25) is 5.02 Å². The van der Waals surface area contributed by atoms with Crippen molar-refractivity contribution in [3.8, 4) is 0 Å². The molecular formula is C11H15ClO2S. The van der Waals surface area contributed by atoms with Crippen LogP contribution in [0, 0.1) is 0 Å². The third kappa shape index (κ3) is 3.59. The Morgan fingerprint density at radius 1 is 1.60 bits per heavy atom. The van der Waals surface area contributed by atoms with E-state index in [1.807, 2.05) is 19.2 Å². The Labute approximate surface area is 99.2 Å². The van der Waals surface area contributed by atoms with Crippen LogP contribution in [0.4, 0.5) is 0 Å². The first-order valence-electron chi connectivity index (χ1n) is 4.77. The molecule has 2 nitrogen and oxygen atoms in total. The van der Waals surface area contributed by atoms with E-state index in [-0.39, 0.29) is 11.4 Å². The number of rotatable bonds is 5. The topological polar surface area (TPSA) is 26.3 Å². The Hall–Kier alpha value is -0.380. The lowest BCUT2D eigenvalue weighted by molar-refractivity contribution is 0.0142. The summed E-state index contributed by atoms with van der Waals surface area (Å²) in [4.78, 5) is 12.4. The van der Waals surface area contributed by atoms with E-state index < -0.39 is 0 Å². The van der Waals surface area contributed by atoms with Crippen molar-refractivity contribution in [2.45, 2.75) is 32.3 Å². The van der Waals surface area contributed by atoms with E-state index >= 15 is 0 Å². The van der Waals surface area contributed by atoms with Crippen LogP contribution >= 0.6 is 22.9 Å². The molecule has 0 aliphatic heterocycles. The maximum absolute atomic E-state index is 11.8. The van der Waals surface area contributed by atoms with Crippen molar-refractivity contribution < 1.29 is 9.53 Å². The molecule has 4 heteroatoms. The summed E-state index contributed by atoms with van der Waals surface area (Å²) in [5, 5.41) is 2.39. The van der Waals surface area contributed by atoms with Gasteiger partial charge in [-0.3, -0.25) is 4.79 Å². The van der Waals surface area contributed by atoms with Crippen LogP contribution in [0.15, 0.2) is 11.4 Å². The van der Waals surface area contributed by atoms with Crippen molar-refractivity contribution in [3.05, 3.63) is 21.3 Å². The van der Waals surface area contributed by atoms with Crippen LogP contribution in [-0.4, -0.2) is 18.5 Å². The van der Waals surface area contributed by atoms with E-state index in [1.54, 1.807) is 13.2 Å². The number of carbonyl (C=O) groups excluding carboxylic acids is 1. The van der Waals surface area contributed by atoms with Gasteiger partial charge in [0.25, 0.3) is 0 Å². The van der Waals surface area contributed by atoms with Gasteiger partial charge in [-0.25, -0.2) is 0 Å². The fourth-order valence-electron chi connectivity index (χ4n) is 1.12. The lowest BCUT2D eigenvalue weighted by Crippen LogP contribution is -2.23. The number of hydrogen-bond acceptors (Lipinski definition) is 3. The molecule has 0 radical (unpaired) electrons. The van der Waals surface area contributed by atoms with Gasteiger partial charge in [-0.2, -0.15) is 0 Å². The van der Waals surface area contributed by atoms with Crippen molar-refractivity contribution in [3.63, 3.8) is 0 Å². The third-order valence-electron chi connectivity index (χ3n) is 2.38. The molecule has 15 heavy (non-hydrogen) atoms. The van der Waals surface area contributed by atoms with Crippen molar-refractivity contribution >= 4 is 28.7 Å². The van der Waals surface area contributed by atoms with Crippen molar-refractivity contribution in [2.24, 2.45) is 0 Å².